The van der Waals surface area contributed by atoms with E-state index in [1.807, 2.05) is 19.1 Å². The Morgan fingerprint density at radius 3 is 2.86 bits per heavy atom. The van der Waals surface area contributed by atoms with Crippen molar-refractivity contribution in [2.75, 3.05) is 32.2 Å². The van der Waals surface area contributed by atoms with E-state index in [0.717, 1.165) is 37.4 Å². The van der Waals surface area contributed by atoms with Crippen LogP contribution in [-0.4, -0.2) is 37.4 Å². The monoisotopic (exact) mass is 303 g/mol. The van der Waals surface area contributed by atoms with Gasteiger partial charge in [-0.1, -0.05) is 6.92 Å². The van der Waals surface area contributed by atoms with Gasteiger partial charge in [-0.05, 0) is 29.8 Å². The number of nitrogens with zero attached hydrogens (tertiary/aromatic N) is 3. The lowest BCUT2D eigenvalue weighted by Gasteiger charge is -2.17. The summed E-state index contributed by atoms with van der Waals surface area (Å²) in [5.41, 5.74) is 1.17. The van der Waals surface area contributed by atoms with E-state index >= 15 is 0 Å². The van der Waals surface area contributed by atoms with Crippen molar-refractivity contribution in [2.45, 2.75) is 25.7 Å². The van der Waals surface area contributed by atoms with Gasteiger partial charge < -0.3 is 18.9 Å². The first-order chi connectivity index (χ1) is 10.7. The van der Waals surface area contributed by atoms with Gasteiger partial charge in [0.2, 0.25) is 5.89 Å². The summed E-state index contributed by atoms with van der Waals surface area (Å²) in [5.74, 6) is 3.48. The molecule has 0 spiro atoms. The molecular weight excluding hydrogens is 282 g/mol. The lowest BCUT2D eigenvalue weighted by atomic mass is 9.97. The lowest BCUT2D eigenvalue weighted by molar-refractivity contribution is 0.381. The SMILES string of the molecule is CCc1nc(N2CCC(c3cc(OC)ccc3OC)C2)no1. The average Bonchev–Trinajstić information content (AvgIpc) is 3.22. The molecule has 0 amide bonds. The third kappa shape index (κ3) is 2.73. The van der Waals surface area contributed by atoms with Crippen molar-refractivity contribution in [3.05, 3.63) is 29.7 Å². The molecule has 6 heteroatoms. The second-order valence-electron chi connectivity index (χ2n) is 5.38. The van der Waals surface area contributed by atoms with Crippen molar-refractivity contribution in [1.29, 1.82) is 0 Å². The summed E-state index contributed by atoms with van der Waals surface area (Å²) in [6.07, 6.45) is 1.79. The van der Waals surface area contributed by atoms with Crippen molar-refractivity contribution >= 4 is 5.95 Å². The van der Waals surface area contributed by atoms with Crippen LogP contribution in [0, 0.1) is 0 Å². The highest BCUT2D eigenvalue weighted by Crippen LogP contribution is 2.36. The van der Waals surface area contributed by atoms with Crippen molar-refractivity contribution in [3.63, 3.8) is 0 Å². The molecule has 2 aromatic rings. The van der Waals surface area contributed by atoms with Crippen LogP contribution in [0.3, 0.4) is 0 Å². The quantitative estimate of drug-likeness (QED) is 0.846. The highest BCUT2D eigenvalue weighted by atomic mass is 16.5. The van der Waals surface area contributed by atoms with Crippen molar-refractivity contribution in [3.8, 4) is 11.5 Å². The topological polar surface area (TPSA) is 60.6 Å². The van der Waals surface area contributed by atoms with Gasteiger partial charge in [0.1, 0.15) is 11.5 Å². The molecule has 0 aliphatic carbocycles. The molecule has 118 valence electrons. The van der Waals surface area contributed by atoms with Crippen LogP contribution in [0.4, 0.5) is 5.95 Å². The number of aryl methyl sites for hydroxylation is 1. The third-order valence-corrected chi connectivity index (χ3v) is 4.11. The molecule has 1 aromatic carbocycles. The van der Waals surface area contributed by atoms with E-state index < -0.39 is 0 Å². The van der Waals surface area contributed by atoms with E-state index in [1.165, 1.54) is 5.56 Å². The Labute approximate surface area is 130 Å². The molecule has 0 saturated carbocycles. The van der Waals surface area contributed by atoms with Crippen LogP contribution in [0.5, 0.6) is 11.5 Å². The minimum absolute atomic E-state index is 0.369. The zero-order valence-corrected chi connectivity index (χ0v) is 13.2. The molecule has 2 heterocycles. The first-order valence-corrected chi connectivity index (χ1v) is 7.54. The highest BCUT2D eigenvalue weighted by Gasteiger charge is 2.29. The zero-order chi connectivity index (χ0) is 15.5. The van der Waals surface area contributed by atoms with Crippen molar-refractivity contribution in [2.24, 2.45) is 0 Å². The minimum atomic E-state index is 0.369. The first kappa shape index (κ1) is 14.7. The van der Waals surface area contributed by atoms with Gasteiger partial charge in [-0.15, -0.1) is 0 Å². The number of hydrogen-bond donors (Lipinski definition) is 0. The van der Waals surface area contributed by atoms with E-state index in [0.29, 0.717) is 17.8 Å². The Morgan fingerprint density at radius 1 is 1.32 bits per heavy atom. The molecule has 1 saturated heterocycles. The van der Waals surface area contributed by atoms with Gasteiger partial charge in [0, 0.05) is 31.0 Å². The predicted octanol–water partition coefficient (Wildman–Crippen LogP) is 2.64. The number of rotatable bonds is 5. The van der Waals surface area contributed by atoms with Crippen molar-refractivity contribution < 1.29 is 14.0 Å². The second kappa shape index (κ2) is 6.25. The minimum Gasteiger partial charge on any atom is -0.497 e. The number of ether oxygens (including phenoxy) is 2. The van der Waals surface area contributed by atoms with Gasteiger partial charge in [0.25, 0.3) is 5.95 Å². The number of aromatic nitrogens is 2. The molecule has 1 fully saturated rings. The summed E-state index contributed by atoms with van der Waals surface area (Å²) in [5, 5.41) is 4.06. The standard InChI is InChI=1S/C16H21N3O3/c1-4-15-17-16(18-22-15)19-8-7-11(10-19)13-9-12(20-2)5-6-14(13)21-3/h5-6,9,11H,4,7-8,10H2,1-3H3. The van der Waals surface area contributed by atoms with Crippen LogP contribution in [-0.2, 0) is 6.42 Å². The second-order valence-corrected chi connectivity index (χ2v) is 5.38. The van der Waals surface area contributed by atoms with E-state index in [9.17, 15) is 0 Å². The molecule has 1 aliphatic heterocycles. The summed E-state index contributed by atoms with van der Waals surface area (Å²) >= 11 is 0. The highest BCUT2D eigenvalue weighted by molar-refractivity contribution is 5.45. The van der Waals surface area contributed by atoms with E-state index in [-0.39, 0.29) is 0 Å². The number of methoxy groups -OCH3 is 2. The summed E-state index contributed by atoms with van der Waals surface area (Å²) in [6.45, 7) is 3.77. The Hall–Kier alpha value is -2.24. The smallest absolute Gasteiger partial charge is 0.266 e. The Bertz CT molecular complexity index is 641. The molecule has 22 heavy (non-hydrogen) atoms. The number of benzene rings is 1. The normalized spacial score (nSPS) is 17.8. The van der Waals surface area contributed by atoms with Gasteiger partial charge in [0.05, 0.1) is 14.2 Å². The zero-order valence-electron chi connectivity index (χ0n) is 13.2. The van der Waals surface area contributed by atoms with Crippen LogP contribution in [0.25, 0.3) is 0 Å². The number of anilines is 1. The van der Waals surface area contributed by atoms with Gasteiger partial charge in [-0.3, -0.25) is 0 Å². The molecule has 0 radical (unpaired) electrons. The molecule has 0 bridgehead atoms. The van der Waals surface area contributed by atoms with E-state index in [4.69, 9.17) is 14.0 Å². The van der Waals surface area contributed by atoms with Crippen LogP contribution in [0.15, 0.2) is 22.7 Å². The van der Waals surface area contributed by atoms with Crippen LogP contribution in [0.1, 0.15) is 30.7 Å². The van der Waals surface area contributed by atoms with Crippen molar-refractivity contribution in [1.82, 2.24) is 10.1 Å². The predicted molar refractivity (Wildman–Crippen MR) is 82.8 cm³/mol. The Kier molecular flexibility index (Phi) is 4.18. The van der Waals surface area contributed by atoms with Gasteiger partial charge in [-0.25, -0.2) is 0 Å². The maximum absolute atomic E-state index is 5.50. The molecule has 1 aromatic heterocycles. The first-order valence-electron chi connectivity index (χ1n) is 7.54. The van der Waals surface area contributed by atoms with Gasteiger partial charge in [-0.2, -0.15) is 4.98 Å². The molecule has 1 atom stereocenters. The molecule has 0 N–H and O–H groups in total. The average molecular weight is 303 g/mol. The molecule has 1 unspecified atom stereocenters. The summed E-state index contributed by atoms with van der Waals surface area (Å²) in [4.78, 5) is 6.57. The lowest BCUT2D eigenvalue weighted by Crippen LogP contribution is -2.20. The summed E-state index contributed by atoms with van der Waals surface area (Å²) in [6, 6.07) is 5.93. The van der Waals surface area contributed by atoms with Crippen LogP contribution in [0.2, 0.25) is 0 Å². The molecule has 6 nitrogen and oxygen atoms in total. The Balaban J connectivity index is 1.80. The fraction of sp³-hybridized carbons (Fsp3) is 0.500. The largest absolute Gasteiger partial charge is 0.497 e. The molecule has 3 rings (SSSR count). The molecule has 1 aliphatic rings. The Morgan fingerprint density at radius 2 is 2.18 bits per heavy atom. The molecular formula is C16H21N3O3. The fourth-order valence-electron chi connectivity index (χ4n) is 2.87. The third-order valence-electron chi connectivity index (χ3n) is 4.11. The maximum atomic E-state index is 5.50. The van der Waals surface area contributed by atoms with E-state index in [1.54, 1.807) is 14.2 Å². The van der Waals surface area contributed by atoms with Gasteiger partial charge >= 0.3 is 0 Å². The summed E-state index contributed by atoms with van der Waals surface area (Å²) in [7, 11) is 3.38. The number of hydrogen-bond acceptors (Lipinski definition) is 6. The fourth-order valence-corrected chi connectivity index (χ4v) is 2.87. The summed E-state index contributed by atoms with van der Waals surface area (Å²) < 4.78 is 16.0. The van der Waals surface area contributed by atoms with Crippen LogP contribution < -0.4 is 14.4 Å². The van der Waals surface area contributed by atoms with Gasteiger partial charge in [0.15, 0.2) is 0 Å². The maximum Gasteiger partial charge on any atom is 0.266 e. The van der Waals surface area contributed by atoms with Crippen LogP contribution >= 0.6 is 0 Å². The van der Waals surface area contributed by atoms with E-state index in [2.05, 4.69) is 21.1 Å².